The Morgan fingerprint density at radius 2 is 2.00 bits per heavy atom. The van der Waals surface area contributed by atoms with Gasteiger partial charge in [-0.15, -0.1) is 0 Å². The molecule has 0 bridgehead atoms. The van der Waals surface area contributed by atoms with Crippen LogP contribution in [0.1, 0.15) is 39.0 Å². The van der Waals surface area contributed by atoms with Gasteiger partial charge < -0.3 is 10.3 Å². The van der Waals surface area contributed by atoms with E-state index in [2.05, 4.69) is 17.2 Å². The Balaban J connectivity index is 1.83. The summed E-state index contributed by atoms with van der Waals surface area (Å²) in [6.45, 7) is 3.23. The van der Waals surface area contributed by atoms with Crippen LogP contribution in [0.2, 0.25) is 0 Å². The number of hydrogen-bond donors (Lipinski definition) is 2. The van der Waals surface area contributed by atoms with Gasteiger partial charge in [0.2, 0.25) is 0 Å². The number of aromatic nitrogens is 1. The third-order valence-electron chi connectivity index (χ3n) is 4.82. The Morgan fingerprint density at radius 1 is 1.25 bits per heavy atom. The molecule has 3 nitrogen and oxygen atoms in total. The number of aromatic amines is 1. The van der Waals surface area contributed by atoms with E-state index < -0.39 is 0 Å². The van der Waals surface area contributed by atoms with Gasteiger partial charge in [-0.05, 0) is 42.2 Å². The molecule has 106 valence electrons. The predicted molar refractivity (Wildman–Crippen MR) is 84.3 cm³/mol. The highest BCUT2D eigenvalue weighted by atomic mass is 16.1. The van der Waals surface area contributed by atoms with Crippen LogP contribution in [0, 0.1) is 5.41 Å². The molecule has 0 saturated heterocycles. The minimum atomic E-state index is -0.0115. The number of rotatable bonds is 4. The lowest BCUT2D eigenvalue weighted by Gasteiger charge is -2.28. The third-order valence-corrected chi connectivity index (χ3v) is 4.82. The van der Waals surface area contributed by atoms with Crippen molar-refractivity contribution >= 4 is 16.6 Å². The SMILES string of the molecule is CCC1(CNc2cc3ccccc3c(=O)[nH]2)CCCC1. The number of anilines is 1. The number of fused-ring (bicyclic) bond motifs is 1. The molecule has 1 aromatic carbocycles. The van der Waals surface area contributed by atoms with Crippen molar-refractivity contribution in [2.24, 2.45) is 5.41 Å². The summed E-state index contributed by atoms with van der Waals surface area (Å²) >= 11 is 0. The molecular weight excluding hydrogens is 248 g/mol. The number of benzene rings is 1. The molecule has 0 radical (unpaired) electrons. The quantitative estimate of drug-likeness (QED) is 0.884. The van der Waals surface area contributed by atoms with Gasteiger partial charge in [-0.1, -0.05) is 38.0 Å². The summed E-state index contributed by atoms with van der Waals surface area (Å²) in [5.41, 5.74) is 0.408. The highest BCUT2D eigenvalue weighted by Crippen LogP contribution is 2.40. The maximum absolute atomic E-state index is 12.0. The van der Waals surface area contributed by atoms with E-state index in [0.717, 1.165) is 23.1 Å². The normalized spacial score (nSPS) is 17.4. The van der Waals surface area contributed by atoms with Crippen molar-refractivity contribution in [3.05, 3.63) is 40.7 Å². The second-order valence-corrected chi connectivity index (χ2v) is 6.01. The van der Waals surface area contributed by atoms with Crippen molar-refractivity contribution in [1.29, 1.82) is 0 Å². The first-order valence-corrected chi connectivity index (χ1v) is 7.58. The molecule has 2 aromatic rings. The number of nitrogens with one attached hydrogen (secondary N) is 2. The van der Waals surface area contributed by atoms with Crippen molar-refractivity contribution in [2.45, 2.75) is 39.0 Å². The fourth-order valence-electron chi connectivity index (χ4n) is 3.37. The number of hydrogen-bond acceptors (Lipinski definition) is 2. The van der Waals surface area contributed by atoms with E-state index in [1.54, 1.807) is 0 Å². The highest BCUT2D eigenvalue weighted by Gasteiger charge is 2.31. The third kappa shape index (κ3) is 2.45. The summed E-state index contributed by atoms with van der Waals surface area (Å²) in [5, 5.41) is 5.21. The molecule has 1 aliphatic rings. The zero-order chi connectivity index (χ0) is 14.0. The van der Waals surface area contributed by atoms with Crippen molar-refractivity contribution in [3.63, 3.8) is 0 Å². The standard InChI is InChI=1S/C17H22N2O/c1-2-17(9-5-6-10-17)12-18-15-11-13-7-3-4-8-14(13)16(20)19-15/h3-4,7-8,11H,2,5-6,9-10,12H2,1H3,(H2,18,19,20). The van der Waals surface area contributed by atoms with Gasteiger partial charge in [0, 0.05) is 11.9 Å². The summed E-state index contributed by atoms with van der Waals surface area (Å²) in [4.78, 5) is 15.0. The van der Waals surface area contributed by atoms with E-state index in [9.17, 15) is 4.79 Å². The van der Waals surface area contributed by atoms with E-state index >= 15 is 0 Å². The van der Waals surface area contributed by atoms with E-state index in [1.807, 2.05) is 30.3 Å². The summed E-state index contributed by atoms with van der Waals surface area (Å²) in [5.74, 6) is 0.841. The second kappa shape index (κ2) is 5.31. The van der Waals surface area contributed by atoms with E-state index in [4.69, 9.17) is 0 Å². The fraction of sp³-hybridized carbons (Fsp3) is 0.471. The van der Waals surface area contributed by atoms with Crippen molar-refractivity contribution in [1.82, 2.24) is 4.98 Å². The molecule has 0 atom stereocenters. The zero-order valence-electron chi connectivity index (χ0n) is 12.0. The molecule has 1 heterocycles. The van der Waals surface area contributed by atoms with Gasteiger partial charge in [0.15, 0.2) is 0 Å². The molecule has 20 heavy (non-hydrogen) atoms. The topological polar surface area (TPSA) is 44.9 Å². The Hall–Kier alpha value is -1.77. The molecule has 0 unspecified atom stereocenters. The Labute approximate surface area is 119 Å². The van der Waals surface area contributed by atoms with Crippen LogP contribution >= 0.6 is 0 Å². The summed E-state index contributed by atoms with van der Waals surface area (Å²) < 4.78 is 0. The van der Waals surface area contributed by atoms with Crippen LogP contribution in [0.4, 0.5) is 5.82 Å². The smallest absolute Gasteiger partial charge is 0.257 e. The van der Waals surface area contributed by atoms with Crippen LogP contribution < -0.4 is 10.9 Å². The van der Waals surface area contributed by atoms with Gasteiger partial charge in [-0.2, -0.15) is 0 Å². The Bertz CT molecular complexity index is 653. The average Bonchev–Trinajstić information content (AvgIpc) is 2.95. The van der Waals surface area contributed by atoms with Gasteiger partial charge in [0.05, 0.1) is 0 Å². The van der Waals surface area contributed by atoms with E-state index in [1.165, 1.54) is 32.1 Å². The van der Waals surface area contributed by atoms with Crippen molar-refractivity contribution in [2.75, 3.05) is 11.9 Å². The zero-order valence-corrected chi connectivity index (χ0v) is 12.0. The summed E-state index contributed by atoms with van der Waals surface area (Å²) in [7, 11) is 0. The molecule has 1 saturated carbocycles. The van der Waals surface area contributed by atoms with Crippen LogP contribution in [-0.2, 0) is 0 Å². The van der Waals surface area contributed by atoms with Crippen LogP contribution in [0.5, 0.6) is 0 Å². The van der Waals surface area contributed by atoms with E-state index in [-0.39, 0.29) is 5.56 Å². The molecule has 0 spiro atoms. The predicted octanol–water partition coefficient (Wildman–Crippen LogP) is 3.91. The second-order valence-electron chi connectivity index (χ2n) is 6.01. The maximum atomic E-state index is 12.0. The monoisotopic (exact) mass is 270 g/mol. The molecule has 0 aliphatic heterocycles. The van der Waals surface area contributed by atoms with Crippen LogP contribution in [0.15, 0.2) is 35.1 Å². The van der Waals surface area contributed by atoms with Gasteiger partial charge in [-0.3, -0.25) is 4.79 Å². The fourth-order valence-corrected chi connectivity index (χ4v) is 3.37. The van der Waals surface area contributed by atoms with Crippen LogP contribution in [-0.4, -0.2) is 11.5 Å². The van der Waals surface area contributed by atoms with Gasteiger partial charge in [0.25, 0.3) is 5.56 Å². The highest BCUT2D eigenvalue weighted by molar-refractivity contribution is 5.83. The molecular formula is C17H22N2O. The minimum Gasteiger partial charge on any atom is -0.371 e. The molecule has 3 heteroatoms. The Kier molecular flexibility index (Phi) is 3.51. The molecule has 2 N–H and O–H groups in total. The first-order chi connectivity index (χ1) is 9.72. The summed E-state index contributed by atoms with van der Waals surface area (Å²) in [6, 6.07) is 9.75. The van der Waals surface area contributed by atoms with E-state index in [0.29, 0.717) is 5.41 Å². The van der Waals surface area contributed by atoms with Crippen LogP contribution in [0.3, 0.4) is 0 Å². The number of pyridine rings is 1. The molecule has 0 amide bonds. The van der Waals surface area contributed by atoms with Crippen LogP contribution in [0.25, 0.3) is 10.8 Å². The first-order valence-electron chi connectivity index (χ1n) is 7.58. The maximum Gasteiger partial charge on any atom is 0.257 e. The van der Waals surface area contributed by atoms with Crippen molar-refractivity contribution in [3.8, 4) is 0 Å². The lowest BCUT2D eigenvalue weighted by Crippen LogP contribution is -2.26. The molecule has 1 aliphatic carbocycles. The Morgan fingerprint density at radius 3 is 2.75 bits per heavy atom. The number of H-pyrrole nitrogens is 1. The van der Waals surface area contributed by atoms with Gasteiger partial charge >= 0.3 is 0 Å². The van der Waals surface area contributed by atoms with Crippen molar-refractivity contribution < 1.29 is 0 Å². The lowest BCUT2D eigenvalue weighted by atomic mass is 9.83. The largest absolute Gasteiger partial charge is 0.371 e. The first kappa shape index (κ1) is 13.2. The average molecular weight is 270 g/mol. The molecule has 1 fully saturated rings. The molecule has 3 rings (SSSR count). The lowest BCUT2D eigenvalue weighted by molar-refractivity contribution is 0.306. The van der Waals surface area contributed by atoms with Gasteiger partial charge in [0.1, 0.15) is 5.82 Å². The molecule has 1 aromatic heterocycles. The minimum absolute atomic E-state index is 0.0115. The summed E-state index contributed by atoms with van der Waals surface area (Å²) in [6.07, 6.45) is 6.48. The van der Waals surface area contributed by atoms with Gasteiger partial charge in [-0.25, -0.2) is 0 Å².